The molecule has 0 saturated heterocycles. The van der Waals surface area contributed by atoms with Crippen LogP contribution in [0, 0.1) is 6.92 Å². The van der Waals surface area contributed by atoms with Crippen LogP contribution in [0.2, 0.25) is 0 Å². The molecule has 0 aliphatic rings. The molecule has 7 nitrogen and oxygen atoms in total. The molecule has 0 radical (unpaired) electrons. The number of aryl methyl sites for hydroxylation is 1. The van der Waals surface area contributed by atoms with E-state index in [1.807, 2.05) is 31.2 Å². The predicted molar refractivity (Wildman–Crippen MR) is 80.9 cm³/mol. The topological polar surface area (TPSA) is 91.8 Å². The SMILES string of the molecule is Cc1nc2ccccc2n1CC(=O)NNC(=O)c1ccc[nH]1. The van der Waals surface area contributed by atoms with E-state index >= 15 is 0 Å². The number of hydrazine groups is 1. The van der Waals surface area contributed by atoms with E-state index in [-0.39, 0.29) is 12.5 Å². The van der Waals surface area contributed by atoms with E-state index in [2.05, 4.69) is 20.8 Å². The number of carbonyl (C=O) groups is 2. The molecule has 3 aromatic rings. The van der Waals surface area contributed by atoms with Crippen LogP contribution >= 0.6 is 0 Å². The van der Waals surface area contributed by atoms with Gasteiger partial charge < -0.3 is 9.55 Å². The van der Waals surface area contributed by atoms with Crippen molar-refractivity contribution in [1.82, 2.24) is 25.4 Å². The van der Waals surface area contributed by atoms with E-state index in [9.17, 15) is 9.59 Å². The smallest absolute Gasteiger partial charge is 0.286 e. The second-order valence-corrected chi connectivity index (χ2v) is 4.82. The minimum atomic E-state index is -0.398. The second-order valence-electron chi connectivity index (χ2n) is 4.82. The maximum atomic E-state index is 12.0. The summed E-state index contributed by atoms with van der Waals surface area (Å²) in [4.78, 5) is 30.9. The number of H-pyrrole nitrogens is 1. The van der Waals surface area contributed by atoms with Gasteiger partial charge in [-0.25, -0.2) is 4.98 Å². The fourth-order valence-corrected chi connectivity index (χ4v) is 2.24. The lowest BCUT2D eigenvalue weighted by Gasteiger charge is -2.09. The van der Waals surface area contributed by atoms with Crippen molar-refractivity contribution in [2.75, 3.05) is 0 Å². The third-order valence-electron chi connectivity index (χ3n) is 3.31. The zero-order valence-corrected chi connectivity index (χ0v) is 12.0. The van der Waals surface area contributed by atoms with Crippen LogP contribution in [0.15, 0.2) is 42.6 Å². The molecule has 0 unspecified atom stereocenters. The molecule has 0 atom stereocenters. The molecule has 7 heteroatoms. The Morgan fingerprint density at radius 1 is 1.18 bits per heavy atom. The summed E-state index contributed by atoms with van der Waals surface area (Å²) in [5.41, 5.74) is 6.85. The Morgan fingerprint density at radius 3 is 2.77 bits per heavy atom. The number of carbonyl (C=O) groups excluding carboxylic acids is 2. The van der Waals surface area contributed by atoms with E-state index in [0.717, 1.165) is 16.9 Å². The Bertz CT molecular complexity index is 820. The molecule has 3 rings (SSSR count). The highest BCUT2D eigenvalue weighted by molar-refractivity contribution is 5.93. The van der Waals surface area contributed by atoms with E-state index in [0.29, 0.717) is 5.69 Å². The highest BCUT2D eigenvalue weighted by atomic mass is 16.2. The largest absolute Gasteiger partial charge is 0.357 e. The summed E-state index contributed by atoms with van der Waals surface area (Å²) in [5.74, 6) is 0.0174. The first kappa shape index (κ1) is 13.9. The summed E-state index contributed by atoms with van der Waals surface area (Å²) in [6, 6.07) is 10.9. The van der Waals surface area contributed by atoms with E-state index in [4.69, 9.17) is 0 Å². The summed E-state index contributed by atoms with van der Waals surface area (Å²) in [5, 5.41) is 0. The molecule has 2 amide bonds. The van der Waals surface area contributed by atoms with Crippen molar-refractivity contribution in [2.45, 2.75) is 13.5 Å². The number of aromatic nitrogens is 3. The molecule has 0 bridgehead atoms. The summed E-state index contributed by atoms with van der Waals surface area (Å²) < 4.78 is 1.80. The van der Waals surface area contributed by atoms with E-state index in [1.54, 1.807) is 22.9 Å². The van der Waals surface area contributed by atoms with E-state index in [1.165, 1.54) is 0 Å². The van der Waals surface area contributed by atoms with Gasteiger partial charge in [-0.1, -0.05) is 12.1 Å². The normalized spacial score (nSPS) is 10.6. The van der Waals surface area contributed by atoms with Crippen LogP contribution in [0.25, 0.3) is 11.0 Å². The molecule has 0 fully saturated rings. The molecule has 2 aromatic heterocycles. The molecule has 2 heterocycles. The van der Waals surface area contributed by atoms with Crippen molar-refractivity contribution >= 4 is 22.8 Å². The van der Waals surface area contributed by atoms with Gasteiger partial charge in [0.15, 0.2) is 0 Å². The Morgan fingerprint density at radius 2 is 2.00 bits per heavy atom. The number of rotatable bonds is 3. The van der Waals surface area contributed by atoms with Gasteiger partial charge in [0.05, 0.1) is 11.0 Å². The number of para-hydroxylation sites is 2. The van der Waals surface area contributed by atoms with Crippen molar-refractivity contribution in [2.24, 2.45) is 0 Å². The van der Waals surface area contributed by atoms with Gasteiger partial charge in [-0.2, -0.15) is 0 Å². The van der Waals surface area contributed by atoms with Gasteiger partial charge in [-0.15, -0.1) is 0 Å². The Balaban J connectivity index is 1.66. The minimum Gasteiger partial charge on any atom is -0.357 e. The molecule has 112 valence electrons. The predicted octanol–water partition coefficient (Wildman–Crippen LogP) is 1.13. The summed E-state index contributed by atoms with van der Waals surface area (Å²) in [6.45, 7) is 1.92. The summed E-state index contributed by atoms with van der Waals surface area (Å²) in [7, 11) is 0. The lowest BCUT2D eigenvalue weighted by molar-refractivity contribution is -0.122. The number of hydrogen-bond donors (Lipinski definition) is 3. The molecule has 22 heavy (non-hydrogen) atoms. The first-order valence-corrected chi connectivity index (χ1v) is 6.79. The van der Waals surface area contributed by atoms with Gasteiger partial charge in [-0.05, 0) is 31.2 Å². The van der Waals surface area contributed by atoms with Crippen LogP contribution in [-0.4, -0.2) is 26.3 Å². The quantitative estimate of drug-likeness (QED) is 0.633. The zero-order valence-electron chi connectivity index (χ0n) is 12.0. The van der Waals surface area contributed by atoms with Gasteiger partial charge in [0, 0.05) is 6.20 Å². The first-order chi connectivity index (χ1) is 10.6. The maximum Gasteiger partial charge on any atom is 0.286 e. The van der Waals surface area contributed by atoms with Gasteiger partial charge in [-0.3, -0.25) is 20.4 Å². The van der Waals surface area contributed by atoms with Gasteiger partial charge in [0.1, 0.15) is 18.1 Å². The fourth-order valence-electron chi connectivity index (χ4n) is 2.24. The number of aromatic amines is 1. The molecule has 3 N–H and O–H groups in total. The van der Waals surface area contributed by atoms with Crippen LogP contribution in [0.4, 0.5) is 0 Å². The minimum absolute atomic E-state index is 0.0807. The number of imidazole rings is 1. The number of nitrogens with one attached hydrogen (secondary N) is 3. The lowest BCUT2D eigenvalue weighted by Crippen LogP contribution is -2.43. The Hall–Kier alpha value is -3.09. The number of fused-ring (bicyclic) bond motifs is 1. The summed E-state index contributed by atoms with van der Waals surface area (Å²) in [6.07, 6.45) is 1.64. The second kappa shape index (κ2) is 5.72. The third kappa shape index (κ3) is 2.69. The fraction of sp³-hybridized carbons (Fsp3) is 0.133. The Labute approximate surface area is 126 Å². The lowest BCUT2D eigenvalue weighted by atomic mass is 10.3. The summed E-state index contributed by atoms with van der Waals surface area (Å²) >= 11 is 0. The average molecular weight is 297 g/mol. The average Bonchev–Trinajstić information content (AvgIpc) is 3.14. The Kier molecular flexibility index (Phi) is 3.61. The number of benzene rings is 1. The molecule has 0 saturated carbocycles. The highest BCUT2D eigenvalue weighted by Gasteiger charge is 2.12. The zero-order chi connectivity index (χ0) is 15.5. The number of amides is 2. The van der Waals surface area contributed by atoms with E-state index < -0.39 is 5.91 Å². The number of nitrogens with zero attached hydrogens (tertiary/aromatic N) is 2. The van der Waals surface area contributed by atoms with Crippen molar-refractivity contribution in [1.29, 1.82) is 0 Å². The van der Waals surface area contributed by atoms with Crippen LogP contribution in [0.1, 0.15) is 16.3 Å². The van der Waals surface area contributed by atoms with Crippen molar-refractivity contribution in [3.63, 3.8) is 0 Å². The van der Waals surface area contributed by atoms with Gasteiger partial charge in [0.25, 0.3) is 11.8 Å². The number of hydrogen-bond acceptors (Lipinski definition) is 3. The third-order valence-corrected chi connectivity index (χ3v) is 3.31. The molecule has 0 aliphatic carbocycles. The van der Waals surface area contributed by atoms with Crippen LogP contribution in [0.3, 0.4) is 0 Å². The highest BCUT2D eigenvalue weighted by Crippen LogP contribution is 2.14. The monoisotopic (exact) mass is 297 g/mol. The van der Waals surface area contributed by atoms with Crippen LogP contribution < -0.4 is 10.9 Å². The standard InChI is InChI=1S/C15H15N5O2/c1-10-17-11-5-2-3-7-13(11)20(10)9-14(21)18-19-15(22)12-6-4-8-16-12/h2-8,16H,9H2,1H3,(H,18,21)(H,19,22). The van der Waals surface area contributed by atoms with Crippen molar-refractivity contribution < 1.29 is 9.59 Å². The first-order valence-electron chi connectivity index (χ1n) is 6.79. The molecular weight excluding hydrogens is 282 g/mol. The van der Waals surface area contributed by atoms with Crippen molar-refractivity contribution in [3.05, 3.63) is 54.1 Å². The van der Waals surface area contributed by atoms with Crippen molar-refractivity contribution in [3.8, 4) is 0 Å². The molecule has 0 aliphatic heterocycles. The van der Waals surface area contributed by atoms with Gasteiger partial charge in [0.2, 0.25) is 0 Å². The molecular formula is C15H15N5O2. The molecule has 1 aromatic carbocycles. The maximum absolute atomic E-state index is 12.0. The van der Waals surface area contributed by atoms with Gasteiger partial charge >= 0.3 is 0 Å². The van der Waals surface area contributed by atoms with Crippen LogP contribution in [-0.2, 0) is 11.3 Å². The van der Waals surface area contributed by atoms with Crippen LogP contribution in [0.5, 0.6) is 0 Å². The molecule has 0 spiro atoms.